The van der Waals surface area contributed by atoms with Crippen LogP contribution in [-0.2, 0) is 14.8 Å². The molecule has 0 spiro atoms. The van der Waals surface area contributed by atoms with Gasteiger partial charge in [0.05, 0.1) is 11.4 Å². The summed E-state index contributed by atoms with van der Waals surface area (Å²) < 4.78 is 28.5. The molecule has 162 valence electrons. The molecule has 1 aliphatic rings. The molecule has 3 N–H and O–H groups in total. The predicted molar refractivity (Wildman–Crippen MR) is 115 cm³/mol. The van der Waals surface area contributed by atoms with E-state index in [0.29, 0.717) is 43.2 Å². The average molecular weight is 442 g/mol. The zero-order valence-electron chi connectivity index (χ0n) is 16.7. The van der Waals surface area contributed by atoms with Gasteiger partial charge in [-0.05, 0) is 30.3 Å². The molecule has 2 aromatic carbocycles. The van der Waals surface area contributed by atoms with Crippen LogP contribution in [-0.4, -0.2) is 62.8 Å². The fourth-order valence-electron chi connectivity index (χ4n) is 3.51. The first-order chi connectivity index (χ1) is 14.8. The van der Waals surface area contributed by atoms with Crippen molar-refractivity contribution in [3.63, 3.8) is 0 Å². The van der Waals surface area contributed by atoms with Gasteiger partial charge in [0.15, 0.2) is 5.76 Å². The van der Waals surface area contributed by atoms with Gasteiger partial charge >= 0.3 is 0 Å². The van der Waals surface area contributed by atoms with Crippen LogP contribution in [0.1, 0.15) is 10.6 Å². The smallest absolute Gasteiger partial charge is 0.289 e. The van der Waals surface area contributed by atoms with Gasteiger partial charge in [-0.25, -0.2) is 13.6 Å². The number of furan rings is 1. The third-order valence-corrected chi connectivity index (χ3v) is 6.02. The fraction of sp³-hybridized carbons (Fsp3) is 0.238. The molecule has 0 aliphatic carbocycles. The molecule has 31 heavy (non-hydrogen) atoms. The van der Waals surface area contributed by atoms with Gasteiger partial charge in [-0.15, -0.1) is 0 Å². The maximum absolute atomic E-state index is 12.7. The normalized spacial score (nSPS) is 15.2. The zero-order valence-corrected chi connectivity index (χ0v) is 17.5. The second-order valence-electron chi connectivity index (χ2n) is 7.34. The van der Waals surface area contributed by atoms with Crippen LogP contribution in [0, 0.1) is 0 Å². The number of nitrogens with one attached hydrogen (secondary N) is 1. The number of piperazine rings is 1. The molecule has 0 radical (unpaired) electrons. The van der Waals surface area contributed by atoms with E-state index in [1.54, 1.807) is 17.0 Å². The Morgan fingerprint density at radius 3 is 2.45 bits per heavy atom. The minimum Gasteiger partial charge on any atom is -0.451 e. The molecule has 9 nitrogen and oxygen atoms in total. The third-order valence-electron chi connectivity index (χ3n) is 5.11. The summed E-state index contributed by atoms with van der Waals surface area (Å²) in [5.41, 5.74) is 1.03. The van der Waals surface area contributed by atoms with E-state index < -0.39 is 10.0 Å². The highest BCUT2D eigenvalue weighted by Crippen LogP contribution is 2.20. The molecule has 4 rings (SSSR count). The van der Waals surface area contributed by atoms with E-state index in [1.165, 1.54) is 18.2 Å². The summed E-state index contributed by atoms with van der Waals surface area (Å²) in [6.45, 7) is 2.16. The average Bonchev–Trinajstić information content (AvgIpc) is 3.17. The van der Waals surface area contributed by atoms with E-state index in [-0.39, 0.29) is 23.3 Å². The summed E-state index contributed by atoms with van der Waals surface area (Å²) in [4.78, 5) is 28.7. The van der Waals surface area contributed by atoms with Crippen molar-refractivity contribution in [2.24, 2.45) is 5.14 Å². The minimum absolute atomic E-state index is 0.0667. The first-order valence-electron chi connectivity index (χ1n) is 9.72. The summed E-state index contributed by atoms with van der Waals surface area (Å²) in [5, 5.41) is 8.68. The molecule has 1 saturated heterocycles. The van der Waals surface area contributed by atoms with Crippen molar-refractivity contribution in [3.05, 3.63) is 60.4 Å². The Balaban J connectivity index is 1.31. The van der Waals surface area contributed by atoms with Crippen LogP contribution >= 0.6 is 0 Å². The molecule has 1 aromatic heterocycles. The maximum atomic E-state index is 12.7. The highest BCUT2D eigenvalue weighted by Gasteiger charge is 2.25. The number of hydrogen-bond acceptors (Lipinski definition) is 6. The summed E-state index contributed by atoms with van der Waals surface area (Å²) in [6.07, 6.45) is 0. The Bertz CT molecular complexity index is 1200. The fourth-order valence-corrected chi connectivity index (χ4v) is 4.07. The molecule has 1 fully saturated rings. The first kappa shape index (κ1) is 21.0. The lowest BCUT2D eigenvalue weighted by molar-refractivity contribution is -0.117. The van der Waals surface area contributed by atoms with Gasteiger partial charge < -0.3 is 14.6 Å². The Labute approximate surface area is 179 Å². The van der Waals surface area contributed by atoms with Crippen molar-refractivity contribution in [2.45, 2.75) is 4.90 Å². The van der Waals surface area contributed by atoms with Gasteiger partial charge in [0.1, 0.15) is 5.58 Å². The number of sulfonamides is 1. The van der Waals surface area contributed by atoms with Crippen molar-refractivity contribution in [2.75, 3.05) is 38.0 Å². The molecule has 3 aromatic rings. The molecule has 2 amide bonds. The van der Waals surface area contributed by atoms with Crippen LogP contribution in [0.3, 0.4) is 0 Å². The number of benzene rings is 2. The number of carbonyl (C=O) groups is 2. The monoisotopic (exact) mass is 442 g/mol. The minimum atomic E-state index is -3.84. The van der Waals surface area contributed by atoms with Crippen molar-refractivity contribution in [3.8, 4) is 0 Å². The topological polar surface area (TPSA) is 126 Å². The van der Waals surface area contributed by atoms with E-state index in [1.807, 2.05) is 29.2 Å². The number of para-hydroxylation sites is 1. The number of rotatable bonds is 5. The van der Waals surface area contributed by atoms with Gasteiger partial charge in [0.25, 0.3) is 5.91 Å². The molecule has 1 aliphatic heterocycles. The molecular formula is C21H22N4O5S. The van der Waals surface area contributed by atoms with Crippen LogP contribution in [0.2, 0.25) is 0 Å². The number of carbonyl (C=O) groups excluding carboxylic acids is 2. The number of amides is 2. The van der Waals surface area contributed by atoms with E-state index >= 15 is 0 Å². The SMILES string of the molecule is NS(=O)(=O)c1cccc(NC(=O)CN2CCN(C(=O)c3cc4ccccc4o3)CC2)c1. The van der Waals surface area contributed by atoms with Crippen LogP contribution < -0.4 is 10.5 Å². The second kappa shape index (κ2) is 8.50. The molecule has 0 bridgehead atoms. The van der Waals surface area contributed by atoms with Crippen molar-refractivity contribution >= 4 is 38.5 Å². The summed E-state index contributed by atoms with van der Waals surface area (Å²) in [5.74, 6) is -0.133. The lowest BCUT2D eigenvalue weighted by atomic mass is 10.2. The second-order valence-corrected chi connectivity index (χ2v) is 8.90. The molecular weight excluding hydrogens is 420 g/mol. The number of nitrogens with zero attached hydrogens (tertiary/aromatic N) is 2. The Hall–Kier alpha value is -3.21. The Morgan fingerprint density at radius 2 is 1.74 bits per heavy atom. The van der Waals surface area contributed by atoms with E-state index in [9.17, 15) is 18.0 Å². The standard InChI is InChI=1S/C21H22N4O5S/c22-31(28,29)17-6-3-5-16(13-17)23-20(26)14-24-8-10-25(11-9-24)21(27)19-12-15-4-1-2-7-18(15)30-19/h1-7,12-13H,8-11,14H2,(H,23,26)(H2,22,28,29). The van der Waals surface area contributed by atoms with E-state index in [4.69, 9.17) is 9.56 Å². The van der Waals surface area contributed by atoms with Crippen molar-refractivity contribution in [1.82, 2.24) is 9.80 Å². The van der Waals surface area contributed by atoms with E-state index in [0.717, 1.165) is 5.39 Å². The largest absolute Gasteiger partial charge is 0.451 e. The van der Waals surface area contributed by atoms with Gasteiger partial charge in [-0.2, -0.15) is 0 Å². The quantitative estimate of drug-likeness (QED) is 0.616. The summed E-state index contributed by atoms with van der Waals surface area (Å²) in [6, 6.07) is 15.0. The van der Waals surface area contributed by atoms with Gasteiger partial charge in [0.2, 0.25) is 15.9 Å². The Morgan fingerprint density at radius 1 is 1.00 bits per heavy atom. The number of primary sulfonamides is 1. The van der Waals surface area contributed by atoms with Crippen LogP contribution in [0.15, 0.2) is 63.9 Å². The first-order valence-corrected chi connectivity index (χ1v) is 11.3. The van der Waals surface area contributed by atoms with Crippen LogP contribution in [0.25, 0.3) is 11.0 Å². The predicted octanol–water partition coefficient (Wildman–Crippen LogP) is 1.48. The summed E-state index contributed by atoms with van der Waals surface area (Å²) >= 11 is 0. The number of nitrogens with two attached hydrogens (primary N) is 1. The van der Waals surface area contributed by atoms with Crippen LogP contribution in [0.5, 0.6) is 0 Å². The molecule has 0 unspecified atom stereocenters. The van der Waals surface area contributed by atoms with Gasteiger partial charge in [-0.1, -0.05) is 24.3 Å². The van der Waals surface area contributed by atoms with Crippen LogP contribution in [0.4, 0.5) is 5.69 Å². The van der Waals surface area contributed by atoms with Gasteiger partial charge in [0, 0.05) is 37.3 Å². The zero-order chi connectivity index (χ0) is 22.0. The Kier molecular flexibility index (Phi) is 5.77. The lowest BCUT2D eigenvalue weighted by Gasteiger charge is -2.33. The summed E-state index contributed by atoms with van der Waals surface area (Å²) in [7, 11) is -3.84. The molecule has 0 atom stereocenters. The number of fused-ring (bicyclic) bond motifs is 1. The number of hydrogen-bond donors (Lipinski definition) is 2. The molecule has 0 saturated carbocycles. The highest BCUT2D eigenvalue weighted by molar-refractivity contribution is 7.89. The van der Waals surface area contributed by atoms with Crippen molar-refractivity contribution in [1.29, 1.82) is 0 Å². The van der Waals surface area contributed by atoms with Crippen molar-refractivity contribution < 1.29 is 22.4 Å². The lowest BCUT2D eigenvalue weighted by Crippen LogP contribution is -2.50. The van der Waals surface area contributed by atoms with Gasteiger partial charge in [-0.3, -0.25) is 14.5 Å². The molecule has 10 heteroatoms. The third kappa shape index (κ3) is 4.93. The van der Waals surface area contributed by atoms with E-state index in [2.05, 4.69) is 5.32 Å². The molecule has 2 heterocycles. The maximum Gasteiger partial charge on any atom is 0.289 e. The number of anilines is 1. The highest BCUT2D eigenvalue weighted by atomic mass is 32.2.